The molecule has 0 saturated carbocycles. The first-order valence-electron chi connectivity index (χ1n) is 7.76. The summed E-state index contributed by atoms with van der Waals surface area (Å²) in [4.78, 5) is 0. The molecule has 0 atom stereocenters. The van der Waals surface area contributed by atoms with Crippen molar-refractivity contribution in [3.05, 3.63) is 0 Å². The van der Waals surface area contributed by atoms with Crippen molar-refractivity contribution in [2.45, 2.75) is 46.2 Å². The van der Waals surface area contributed by atoms with Crippen LogP contribution in [-0.2, 0) is 22.1 Å². The lowest BCUT2D eigenvalue weighted by molar-refractivity contribution is 0.0710. The predicted octanol–water partition coefficient (Wildman–Crippen LogP) is 1.90. The second kappa shape index (κ2) is 16.6. The topological polar surface area (TPSA) is 72.2 Å². The zero-order chi connectivity index (χ0) is 16.6. The maximum Gasteiger partial charge on any atom is 0.500 e. The molecule has 21 heavy (non-hydrogen) atoms. The summed E-state index contributed by atoms with van der Waals surface area (Å²) in [5, 5.41) is 0. The summed E-state index contributed by atoms with van der Waals surface area (Å²) in [6.45, 7) is 10.5. The van der Waals surface area contributed by atoms with E-state index in [0.29, 0.717) is 26.4 Å². The van der Waals surface area contributed by atoms with Crippen molar-refractivity contribution < 1.29 is 22.1 Å². The summed E-state index contributed by atoms with van der Waals surface area (Å²) in [5.41, 5.74) is 5.48. The van der Waals surface area contributed by atoms with Crippen molar-refractivity contribution >= 4 is 18.1 Å². The van der Waals surface area contributed by atoms with Gasteiger partial charge >= 0.3 is 18.1 Å². The third-order valence-corrected chi connectivity index (χ3v) is 7.51. The summed E-state index contributed by atoms with van der Waals surface area (Å²) >= 11 is 0. The molecule has 0 aromatic rings. The largest absolute Gasteiger partial charge is 0.500 e. The molecule has 0 aliphatic carbocycles. The summed E-state index contributed by atoms with van der Waals surface area (Å²) in [5.74, 6) is 0. The van der Waals surface area contributed by atoms with Gasteiger partial charge in [-0.3, -0.25) is 0 Å². The number of nitrogens with two attached hydrogens (primary N) is 1. The third-order valence-electron chi connectivity index (χ3n) is 2.64. The van der Waals surface area contributed by atoms with E-state index >= 15 is 0 Å². The van der Waals surface area contributed by atoms with Crippen LogP contribution >= 0.6 is 0 Å². The van der Waals surface area contributed by atoms with Crippen LogP contribution in [0.3, 0.4) is 0 Å². The van der Waals surface area contributed by atoms with Crippen LogP contribution in [0.1, 0.15) is 34.1 Å². The Hall–Kier alpha value is 0.194. The Morgan fingerprint density at radius 3 is 1.48 bits per heavy atom. The maximum atomic E-state index is 5.65. The van der Waals surface area contributed by atoms with E-state index in [4.69, 9.17) is 27.9 Å². The SMILES string of the molecule is CCO[Si](CCCN)(OCC)OCC.CC[SiH](OC)OC. The summed E-state index contributed by atoms with van der Waals surface area (Å²) in [6.07, 6.45) is 0.895. The van der Waals surface area contributed by atoms with E-state index < -0.39 is 18.1 Å². The lowest BCUT2D eigenvalue weighted by atomic mass is 10.5. The van der Waals surface area contributed by atoms with Crippen molar-refractivity contribution in [1.82, 2.24) is 0 Å². The molecule has 0 saturated heterocycles. The molecule has 0 radical (unpaired) electrons. The molecule has 130 valence electrons. The first kappa shape index (κ1) is 23.5. The van der Waals surface area contributed by atoms with Crippen LogP contribution in [0.2, 0.25) is 12.1 Å². The minimum Gasteiger partial charge on any atom is -0.400 e. The van der Waals surface area contributed by atoms with Gasteiger partial charge in [0.25, 0.3) is 0 Å². The van der Waals surface area contributed by atoms with E-state index in [-0.39, 0.29) is 0 Å². The minimum atomic E-state index is -2.40. The number of hydrogen-bond donors (Lipinski definition) is 1. The van der Waals surface area contributed by atoms with Crippen molar-refractivity contribution in [2.24, 2.45) is 5.73 Å². The highest BCUT2D eigenvalue weighted by Crippen LogP contribution is 2.17. The van der Waals surface area contributed by atoms with Gasteiger partial charge in [0.2, 0.25) is 0 Å². The molecule has 0 aliphatic rings. The molecule has 0 fully saturated rings. The van der Waals surface area contributed by atoms with Gasteiger partial charge in [-0.05, 0) is 39.8 Å². The van der Waals surface area contributed by atoms with Crippen LogP contribution < -0.4 is 5.73 Å². The van der Waals surface area contributed by atoms with Gasteiger partial charge in [-0.15, -0.1) is 0 Å². The van der Waals surface area contributed by atoms with Crippen LogP contribution in [0.25, 0.3) is 0 Å². The molecule has 0 spiro atoms. The van der Waals surface area contributed by atoms with E-state index in [0.717, 1.165) is 18.5 Å². The maximum absolute atomic E-state index is 5.65. The highest BCUT2D eigenvalue weighted by Gasteiger charge is 2.39. The van der Waals surface area contributed by atoms with Crippen molar-refractivity contribution in [1.29, 1.82) is 0 Å². The summed E-state index contributed by atoms with van der Waals surface area (Å²) in [6, 6.07) is 1.87. The fraction of sp³-hybridized carbons (Fsp3) is 1.00. The van der Waals surface area contributed by atoms with Gasteiger partial charge in [0, 0.05) is 40.1 Å². The third kappa shape index (κ3) is 12.4. The summed E-state index contributed by atoms with van der Waals surface area (Å²) < 4.78 is 26.9. The molecule has 2 N–H and O–H groups in total. The molecular formula is C13H35NO5Si2. The smallest absolute Gasteiger partial charge is 0.400 e. The standard InChI is InChI=1S/C9H23NO3Si.C4H12O2Si/c1-4-11-14(12-5-2,13-6-3)9-7-8-10;1-4-7(5-2)6-3/h4-10H2,1-3H3;7H,4H2,1-3H3. The van der Waals surface area contributed by atoms with E-state index in [2.05, 4.69) is 6.92 Å². The lowest BCUT2D eigenvalue weighted by Gasteiger charge is -2.28. The lowest BCUT2D eigenvalue weighted by Crippen LogP contribution is -2.46. The molecule has 0 aromatic heterocycles. The summed E-state index contributed by atoms with van der Waals surface area (Å²) in [7, 11) is -0.171. The van der Waals surface area contributed by atoms with E-state index in [1.807, 2.05) is 20.8 Å². The van der Waals surface area contributed by atoms with Crippen LogP contribution in [-0.4, -0.2) is 58.7 Å². The van der Waals surface area contributed by atoms with Crippen molar-refractivity contribution in [2.75, 3.05) is 40.6 Å². The molecule has 0 aliphatic heterocycles. The predicted molar refractivity (Wildman–Crippen MR) is 90.8 cm³/mol. The van der Waals surface area contributed by atoms with Gasteiger partial charge < -0.3 is 27.9 Å². The van der Waals surface area contributed by atoms with Crippen LogP contribution in [0, 0.1) is 0 Å². The first-order valence-corrected chi connectivity index (χ1v) is 11.5. The quantitative estimate of drug-likeness (QED) is 0.547. The molecule has 0 aromatic carbocycles. The molecule has 6 nitrogen and oxygen atoms in total. The Balaban J connectivity index is 0. The molecule has 0 unspecified atom stereocenters. The fourth-order valence-electron chi connectivity index (χ4n) is 1.75. The normalized spacial score (nSPS) is 11.4. The second-order valence-corrected chi connectivity index (χ2v) is 9.53. The van der Waals surface area contributed by atoms with Gasteiger partial charge in [0.15, 0.2) is 0 Å². The Kier molecular flexibility index (Phi) is 18.5. The fourth-order valence-corrected chi connectivity index (χ4v) is 5.25. The molecule has 0 heterocycles. The zero-order valence-electron chi connectivity index (χ0n) is 14.6. The van der Waals surface area contributed by atoms with Crippen LogP contribution in [0.4, 0.5) is 0 Å². The number of hydrogen-bond acceptors (Lipinski definition) is 6. The Bertz CT molecular complexity index is 186. The average Bonchev–Trinajstić information content (AvgIpc) is 2.48. The van der Waals surface area contributed by atoms with Gasteiger partial charge in [0.05, 0.1) is 0 Å². The zero-order valence-corrected chi connectivity index (χ0v) is 16.8. The van der Waals surface area contributed by atoms with Crippen LogP contribution in [0.5, 0.6) is 0 Å². The second-order valence-electron chi connectivity index (χ2n) is 4.18. The molecule has 0 bridgehead atoms. The Morgan fingerprint density at radius 2 is 1.29 bits per heavy atom. The van der Waals surface area contributed by atoms with E-state index in [1.165, 1.54) is 0 Å². The van der Waals surface area contributed by atoms with Crippen LogP contribution in [0.15, 0.2) is 0 Å². The Labute approximate surface area is 133 Å². The van der Waals surface area contributed by atoms with Gasteiger partial charge in [-0.25, -0.2) is 0 Å². The number of rotatable bonds is 12. The highest BCUT2D eigenvalue weighted by molar-refractivity contribution is 6.60. The molecular weight excluding hydrogens is 306 g/mol. The van der Waals surface area contributed by atoms with Gasteiger partial charge in [-0.1, -0.05) is 6.92 Å². The Morgan fingerprint density at radius 1 is 0.857 bits per heavy atom. The van der Waals surface area contributed by atoms with E-state index in [9.17, 15) is 0 Å². The van der Waals surface area contributed by atoms with Gasteiger partial charge in [-0.2, -0.15) is 0 Å². The highest BCUT2D eigenvalue weighted by atomic mass is 28.4. The monoisotopic (exact) mass is 341 g/mol. The molecule has 0 amide bonds. The van der Waals surface area contributed by atoms with E-state index in [1.54, 1.807) is 14.2 Å². The first-order chi connectivity index (χ1) is 10.1. The van der Waals surface area contributed by atoms with Crippen molar-refractivity contribution in [3.8, 4) is 0 Å². The minimum absolute atomic E-state index is 0.636. The van der Waals surface area contributed by atoms with Crippen molar-refractivity contribution in [3.63, 3.8) is 0 Å². The average molecular weight is 342 g/mol. The van der Waals surface area contributed by atoms with Gasteiger partial charge in [0.1, 0.15) is 0 Å². The molecule has 0 rings (SSSR count). The molecule has 8 heteroatoms.